The average molecular weight is 338 g/mol. The molecule has 0 bridgehead atoms. The molecular formula is C9H12BrN3O4S. The minimum absolute atomic E-state index is 0.0728. The van der Waals surface area contributed by atoms with E-state index in [0.29, 0.717) is 10.2 Å². The number of anilines is 2. The Kier molecular flexibility index (Phi) is 4.79. The van der Waals surface area contributed by atoms with Crippen molar-refractivity contribution >= 4 is 43.6 Å². The Bertz CT molecular complexity index is 547. The molecule has 0 aliphatic heterocycles. The predicted molar refractivity (Wildman–Crippen MR) is 71.3 cm³/mol. The van der Waals surface area contributed by atoms with Crippen LogP contribution in [0.5, 0.6) is 0 Å². The topological polar surface area (TPSA) is 111 Å². The minimum Gasteiger partial charge on any atom is -0.449 e. The highest BCUT2D eigenvalue weighted by molar-refractivity contribution is 9.10. The van der Waals surface area contributed by atoms with Crippen molar-refractivity contribution in [3.63, 3.8) is 0 Å². The number of halogens is 1. The molecular weight excluding hydrogens is 326 g/mol. The molecule has 1 aromatic carbocycles. The van der Waals surface area contributed by atoms with E-state index in [1.807, 2.05) is 0 Å². The lowest BCUT2D eigenvalue weighted by molar-refractivity contribution is 0.159. The molecule has 0 saturated carbocycles. The second-order valence-electron chi connectivity index (χ2n) is 3.17. The fraction of sp³-hybridized carbons (Fsp3) is 0.222. The minimum atomic E-state index is -4.06. The van der Waals surface area contributed by atoms with Gasteiger partial charge in [-0.2, -0.15) is 8.42 Å². The van der Waals surface area contributed by atoms with Crippen LogP contribution in [0.4, 0.5) is 16.2 Å². The number of benzene rings is 1. The molecule has 0 spiro atoms. The molecule has 1 aromatic rings. The van der Waals surface area contributed by atoms with Gasteiger partial charge in [0.2, 0.25) is 0 Å². The molecule has 4 N–H and O–H groups in total. The van der Waals surface area contributed by atoms with Crippen LogP contribution in [-0.2, 0) is 14.9 Å². The summed E-state index contributed by atoms with van der Waals surface area (Å²) in [6.45, 7) is 1.64. The zero-order valence-electron chi connectivity index (χ0n) is 9.44. The summed E-state index contributed by atoms with van der Waals surface area (Å²) in [5.74, 6) is 0. The number of carbonyl (C=O) groups is 1. The maximum Gasteiger partial charge on any atom is 0.422 e. The largest absolute Gasteiger partial charge is 0.449 e. The Labute approximate surface area is 113 Å². The zero-order chi connectivity index (χ0) is 13.8. The number of carbonyl (C=O) groups excluding carboxylic acids is 1. The van der Waals surface area contributed by atoms with Gasteiger partial charge in [-0.3, -0.25) is 4.72 Å². The third kappa shape index (κ3) is 4.41. The van der Waals surface area contributed by atoms with Crippen LogP contribution in [0.2, 0.25) is 0 Å². The maximum absolute atomic E-state index is 11.6. The molecule has 1 rings (SSSR count). The van der Waals surface area contributed by atoms with Gasteiger partial charge in [0, 0.05) is 10.2 Å². The second kappa shape index (κ2) is 5.91. The molecule has 0 aromatic heterocycles. The number of nitrogen functional groups attached to an aromatic ring is 1. The highest BCUT2D eigenvalue weighted by Gasteiger charge is 2.16. The van der Waals surface area contributed by atoms with Gasteiger partial charge in [0.1, 0.15) is 0 Å². The summed E-state index contributed by atoms with van der Waals surface area (Å²) in [5, 5.41) is 0. The van der Waals surface area contributed by atoms with Crippen LogP contribution in [0.25, 0.3) is 0 Å². The summed E-state index contributed by atoms with van der Waals surface area (Å²) in [7, 11) is -4.06. The van der Waals surface area contributed by atoms with E-state index in [-0.39, 0.29) is 12.3 Å². The molecule has 1 amide bonds. The molecule has 0 fully saturated rings. The third-order valence-corrected chi connectivity index (χ3v) is 3.34. The molecule has 0 radical (unpaired) electrons. The lowest BCUT2D eigenvalue weighted by Crippen LogP contribution is -2.35. The van der Waals surface area contributed by atoms with Gasteiger partial charge in [-0.25, -0.2) is 9.52 Å². The Hall–Kier alpha value is -1.48. The van der Waals surface area contributed by atoms with Crippen molar-refractivity contribution < 1.29 is 17.9 Å². The number of ether oxygens (including phenoxy) is 1. The van der Waals surface area contributed by atoms with Gasteiger partial charge in [0.15, 0.2) is 0 Å². The van der Waals surface area contributed by atoms with Crippen LogP contribution < -0.4 is 15.2 Å². The van der Waals surface area contributed by atoms with Crippen LogP contribution in [-0.4, -0.2) is 21.1 Å². The number of amides is 1. The highest BCUT2D eigenvalue weighted by atomic mass is 79.9. The van der Waals surface area contributed by atoms with Gasteiger partial charge >= 0.3 is 16.3 Å². The van der Waals surface area contributed by atoms with Crippen molar-refractivity contribution in [1.29, 1.82) is 0 Å². The monoisotopic (exact) mass is 337 g/mol. The first-order valence-electron chi connectivity index (χ1n) is 4.86. The van der Waals surface area contributed by atoms with E-state index in [2.05, 4.69) is 25.4 Å². The van der Waals surface area contributed by atoms with Crippen molar-refractivity contribution in [1.82, 2.24) is 4.72 Å². The Morgan fingerprint density at radius 1 is 1.50 bits per heavy atom. The fourth-order valence-electron chi connectivity index (χ4n) is 1.06. The highest BCUT2D eigenvalue weighted by Crippen LogP contribution is 2.25. The summed E-state index contributed by atoms with van der Waals surface area (Å²) < 4.78 is 31.9. The van der Waals surface area contributed by atoms with Crippen LogP contribution in [0.15, 0.2) is 22.7 Å². The molecule has 0 atom stereocenters. The summed E-state index contributed by atoms with van der Waals surface area (Å²) in [6.07, 6.45) is -1.05. The first kappa shape index (κ1) is 14.6. The quantitative estimate of drug-likeness (QED) is 0.720. The van der Waals surface area contributed by atoms with E-state index in [4.69, 9.17) is 5.73 Å². The molecule has 0 saturated heterocycles. The first-order chi connectivity index (χ1) is 8.34. The van der Waals surface area contributed by atoms with Crippen molar-refractivity contribution in [2.24, 2.45) is 0 Å². The number of rotatable bonds is 4. The third-order valence-electron chi connectivity index (χ3n) is 1.73. The zero-order valence-corrected chi connectivity index (χ0v) is 11.8. The number of nitrogens with two attached hydrogens (primary N) is 1. The smallest absolute Gasteiger partial charge is 0.422 e. The summed E-state index contributed by atoms with van der Waals surface area (Å²) in [6, 6.07) is 4.59. The molecule has 0 heterocycles. The lowest BCUT2D eigenvalue weighted by atomic mass is 10.3. The summed E-state index contributed by atoms with van der Waals surface area (Å²) in [4.78, 5) is 11.0. The summed E-state index contributed by atoms with van der Waals surface area (Å²) >= 11 is 3.15. The van der Waals surface area contributed by atoms with Crippen LogP contribution in [0.3, 0.4) is 0 Å². The molecule has 0 unspecified atom stereocenters. The standard InChI is InChI=1S/C9H12BrN3O4S/c1-2-17-9(14)13-18(15,16)12-8-5-6(11)3-4-7(8)10/h3-5,12H,2,11H2,1H3,(H,13,14). The predicted octanol–water partition coefficient (Wildman–Crippen LogP) is 1.43. The first-order valence-corrected chi connectivity index (χ1v) is 7.14. The average Bonchev–Trinajstić information content (AvgIpc) is 2.22. The maximum atomic E-state index is 11.6. The van der Waals surface area contributed by atoms with E-state index in [0.717, 1.165) is 0 Å². The number of nitrogens with one attached hydrogen (secondary N) is 2. The van der Waals surface area contributed by atoms with Crippen molar-refractivity contribution in [3.05, 3.63) is 22.7 Å². The van der Waals surface area contributed by atoms with E-state index in [9.17, 15) is 13.2 Å². The van der Waals surface area contributed by atoms with Crippen LogP contribution in [0.1, 0.15) is 6.92 Å². The number of hydrogen-bond acceptors (Lipinski definition) is 5. The second-order valence-corrected chi connectivity index (χ2v) is 5.44. The van der Waals surface area contributed by atoms with Crippen molar-refractivity contribution in [3.8, 4) is 0 Å². The Balaban J connectivity index is 2.82. The molecule has 7 nitrogen and oxygen atoms in total. The lowest BCUT2D eigenvalue weighted by Gasteiger charge is -2.11. The molecule has 9 heteroatoms. The molecule has 18 heavy (non-hydrogen) atoms. The Morgan fingerprint density at radius 3 is 2.78 bits per heavy atom. The van der Waals surface area contributed by atoms with Crippen molar-refractivity contribution in [2.75, 3.05) is 17.1 Å². The van der Waals surface area contributed by atoms with Gasteiger partial charge in [0.05, 0.1) is 12.3 Å². The molecule has 0 aliphatic carbocycles. The van der Waals surface area contributed by atoms with Gasteiger partial charge < -0.3 is 10.5 Å². The normalized spacial score (nSPS) is 10.8. The van der Waals surface area contributed by atoms with Crippen LogP contribution >= 0.6 is 15.9 Å². The van der Waals surface area contributed by atoms with Crippen molar-refractivity contribution in [2.45, 2.75) is 6.92 Å². The van der Waals surface area contributed by atoms with Gasteiger partial charge in [-0.1, -0.05) is 0 Å². The Morgan fingerprint density at radius 2 is 2.17 bits per heavy atom. The van der Waals surface area contributed by atoms with Gasteiger partial charge in [-0.15, -0.1) is 0 Å². The van der Waals surface area contributed by atoms with E-state index in [1.165, 1.54) is 6.07 Å². The molecule has 100 valence electrons. The SMILES string of the molecule is CCOC(=O)NS(=O)(=O)Nc1cc(N)ccc1Br. The fourth-order valence-corrected chi connectivity index (χ4v) is 2.33. The van der Waals surface area contributed by atoms with Crippen LogP contribution in [0, 0.1) is 0 Å². The van der Waals surface area contributed by atoms with E-state index >= 15 is 0 Å². The van der Waals surface area contributed by atoms with Gasteiger partial charge in [0.25, 0.3) is 0 Å². The van der Waals surface area contributed by atoms with Gasteiger partial charge in [-0.05, 0) is 41.1 Å². The summed E-state index contributed by atoms with van der Waals surface area (Å²) in [5.41, 5.74) is 6.12. The van der Waals surface area contributed by atoms with E-state index < -0.39 is 16.3 Å². The van der Waals surface area contributed by atoms with E-state index in [1.54, 1.807) is 23.8 Å². The molecule has 0 aliphatic rings. The number of hydrogen-bond donors (Lipinski definition) is 3.